The number of nitriles is 2. The Morgan fingerprint density at radius 2 is 1.64 bits per heavy atom. The molecule has 2 aromatic carbocycles. The fourth-order valence-corrected chi connectivity index (χ4v) is 4.42. The van der Waals surface area contributed by atoms with E-state index in [4.69, 9.17) is 15.2 Å². The number of fused-ring (bicyclic) bond motifs is 1. The van der Waals surface area contributed by atoms with Crippen LogP contribution in [0.1, 0.15) is 27.0 Å². The Bertz CT molecular complexity index is 1230. The number of hydrogen-bond donors (Lipinski definition) is 1. The predicted molar refractivity (Wildman–Crippen MR) is 97.6 cm³/mol. The molecule has 0 spiro atoms. The molecule has 0 saturated heterocycles. The molecule has 0 aromatic heterocycles. The van der Waals surface area contributed by atoms with Crippen LogP contribution in [0.25, 0.3) is 5.76 Å². The van der Waals surface area contributed by atoms with Crippen molar-refractivity contribution in [3.63, 3.8) is 0 Å². The van der Waals surface area contributed by atoms with Crippen LogP contribution in [0.15, 0.2) is 65.6 Å². The van der Waals surface area contributed by atoms with Crippen molar-refractivity contribution in [3.8, 4) is 12.1 Å². The van der Waals surface area contributed by atoms with Crippen LogP contribution in [0.2, 0.25) is 0 Å². The van der Waals surface area contributed by atoms with Crippen molar-refractivity contribution in [1.82, 2.24) is 0 Å². The molecule has 2 aliphatic heterocycles. The molecule has 3 aliphatic rings. The van der Waals surface area contributed by atoms with E-state index >= 15 is 0 Å². The van der Waals surface area contributed by atoms with Gasteiger partial charge in [-0.1, -0.05) is 54.1 Å². The first-order valence-corrected chi connectivity index (χ1v) is 8.66. The van der Waals surface area contributed by atoms with Crippen molar-refractivity contribution in [2.24, 2.45) is 11.1 Å². The summed E-state index contributed by atoms with van der Waals surface area (Å²) in [6.45, 7) is 1.94. The summed E-state index contributed by atoms with van der Waals surface area (Å²) in [5, 5.41) is 19.9. The third-order valence-corrected chi connectivity index (χ3v) is 5.62. The molecular formula is C22H13N3O3. The molecule has 0 radical (unpaired) electrons. The molecule has 2 aromatic rings. The Morgan fingerprint density at radius 3 is 2.32 bits per heavy atom. The molecule has 0 amide bonds. The highest BCUT2D eigenvalue weighted by Gasteiger charge is 2.80. The molecule has 2 atom stereocenters. The van der Waals surface area contributed by atoms with Gasteiger partial charge in [0.05, 0.1) is 0 Å². The fraction of sp³-hybridized carbons (Fsp3) is 0.136. The molecule has 0 unspecified atom stereocenters. The quantitative estimate of drug-likeness (QED) is 0.830. The van der Waals surface area contributed by atoms with E-state index in [2.05, 4.69) is 6.07 Å². The molecule has 1 aliphatic carbocycles. The van der Waals surface area contributed by atoms with Gasteiger partial charge in [0.1, 0.15) is 29.0 Å². The van der Waals surface area contributed by atoms with E-state index in [-0.39, 0.29) is 22.8 Å². The summed E-state index contributed by atoms with van der Waals surface area (Å²) in [6, 6.07) is 18.3. The molecule has 0 saturated carbocycles. The number of ketones is 1. The smallest absolute Gasteiger partial charge is 0.303 e. The number of rotatable bonds is 1. The zero-order chi connectivity index (χ0) is 19.7. The summed E-state index contributed by atoms with van der Waals surface area (Å²) in [4.78, 5) is 13.6. The van der Waals surface area contributed by atoms with E-state index in [1.54, 1.807) is 24.3 Å². The second-order valence-corrected chi connectivity index (χ2v) is 6.98. The Kier molecular flexibility index (Phi) is 2.90. The lowest BCUT2D eigenvalue weighted by atomic mass is 9.69. The monoisotopic (exact) mass is 367 g/mol. The van der Waals surface area contributed by atoms with Gasteiger partial charge in [0, 0.05) is 16.7 Å². The zero-order valence-electron chi connectivity index (χ0n) is 14.8. The van der Waals surface area contributed by atoms with Crippen LogP contribution < -0.4 is 5.73 Å². The minimum atomic E-state index is -1.73. The van der Waals surface area contributed by atoms with Gasteiger partial charge in [0.15, 0.2) is 11.2 Å². The largest absolute Gasteiger partial charge is 0.445 e. The standard InChI is InChI=1S/C22H13N3O3/c1-12-6-8-13(9-7-12)18-16(10-23)21-17(11-24)20(25)28-22(21,27-18)15-5-3-2-4-14(15)19(21)26/h2-9H,25H2,1H3/t21-,22+/m0/s1. The summed E-state index contributed by atoms with van der Waals surface area (Å²) < 4.78 is 12.2. The lowest BCUT2D eigenvalue weighted by Gasteiger charge is -2.31. The van der Waals surface area contributed by atoms with Crippen molar-refractivity contribution >= 4 is 11.5 Å². The maximum absolute atomic E-state index is 13.6. The van der Waals surface area contributed by atoms with Gasteiger partial charge in [-0.25, -0.2) is 0 Å². The zero-order valence-corrected chi connectivity index (χ0v) is 14.8. The van der Waals surface area contributed by atoms with Gasteiger partial charge in [0.25, 0.3) is 0 Å². The molecule has 2 heterocycles. The highest BCUT2D eigenvalue weighted by molar-refractivity contribution is 6.14. The van der Waals surface area contributed by atoms with Crippen LogP contribution in [-0.4, -0.2) is 5.78 Å². The van der Waals surface area contributed by atoms with Crippen molar-refractivity contribution in [2.45, 2.75) is 12.7 Å². The van der Waals surface area contributed by atoms with Crippen LogP contribution in [0.3, 0.4) is 0 Å². The van der Waals surface area contributed by atoms with Crippen LogP contribution in [0, 0.1) is 35.0 Å². The molecule has 2 N–H and O–H groups in total. The van der Waals surface area contributed by atoms with Gasteiger partial charge in [-0.05, 0) is 6.92 Å². The van der Waals surface area contributed by atoms with Crippen molar-refractivity contribution in [3.05, 3.63) is 87.8 Å². The highest BCUT2D eigenvalue weighted by Crippen LogP contribution is 2.70. The molecule has 134 valence electrons. The second kappa shape index (κ2) is 5.03. The van der Waals surface area contributed by atoms with E-state index in [0.717, 1.165) is 5.56 Å². The summed E-state index contributed by atoms with van der Waals surface area (Å²) >= 11 is 0. The molecule has 6 heteroatoms. The predicted octanol–water partition coefficient (Wildman–Crippen LogP) is 3.02. The average molecular weight is 367 g/mol. The number of benzene rings is 2. The number of carbonyl (C=O) groups is 1. The van der Waals surface area contributed by atoms with Crippen LogP contribution in [0.4, 0.5) is 0 Å². The maximum Gasteiger partial charge on any atom is 0.303 e. The normalized spacial score (nSPS) is 26.8. The van der Waals surface area contributed by atoms with Crippen LogP contribution >= 0.6 is 0 Å². The number of Topliss-reactive ketones (excluding diaryl/α,β-unsaturated/α-hetero) is 1. The summed E-state index contributed by atoms with van der Waals surface area (Å²) in [7, 11) is 0. The van der Waals surface area contributed by atoms with Gasteiger partial charge in [-0.3, -0.25) is 4.79 Å². The lowest BCUT2D eigenvalue weighted by Crippen LogP contribution is -2.43. The summed E-state index contributed by atoms with van der Waals surface area (Å²) in [6.07, 6.45) is 0. The van der Waals surface area contributed by atoms with E-state index in [1.165, 1.54) is 0 Å². The summed E-state index contributed by atoms with van der Waals surface area (Å²) in [5.41, 5.74) is 6.67. The number of hydrogen-bond acceptors (Lipinski definition) is 6. The Labute approximate surface area is 160 Å². The Hall–Kier alpha value is -4.03. The number of ether oxygens (including phenoxy) is 2. The summed E-state index contributed by atoms with van der Waals surface area (Å²) in [5.74, 6) is -2.06. The van der Waals surface area contributed by atoms with Crippen LogP contribution in [-0.2, 0) is 15.3 Å². The van der Waals surface area contributed by atoms with Crippen molar-refractivity contribution in [1.29, 1.82) is 10.5 Å². The SMILES string of the molecule is Cc1ccc(C2=C(C#N)[C@]34C(=O)c5ccccc5[C@]3(OC(N)=C4C#N)O2)cc1. The average Bonchev–Trinajstić information content (AvgIpc) is 3.20. The first-order chi connectivity index (χ1) is 13.5. The van der Waals surface area contributed by atoms with E-state index < -0.39 is 17.0 Å². The second-order valence-electron chi connectivity index (χ2n) is 6.98. The van der Waals surface area contributed by atoms with Crippen LogP contribution in [0.5, 0.6) is 0 Å². The first-order valence-electron chi connectivity index (χ1n) is 8.66. The highest BCUT2D eigenvalue weighted by atomic mass is 16.7. The fourth-order valence-electron chi connectivity index (χ4n) is 4.42. The molecule has 6 nitrogen and oxygen atoms in total. The van der Waals surface area contributed by atoms with Gasteiger partial charge in [-0.15, -0.1) is 0 Å². The number of carbonyl (C=O) groups excluding carboxylic acids is 1. The van der Waals surface area contributed by atoms with Gasteiger partial charge in [0.2, 0.25) is 5.88 Å². The van der Waals surface area contributed by atoms with Gasteiger partial charge >= 0.3 is 5.79 Å². The number of nitrogens with two attached hydrogens (primary N) is 1. The lowest BCUT2D eigenvalue weighted by molar-refractivity contribution is -0.184. The number of nitrogens with zero attached hydrogens (tertiary/aromatic N) is 2. The minimum absolute atomic E-state index is 0.0366. The Balaban J connectivity index is 1.89. The number of aryl methyl sites for hydroxylation is 1. The van der Waals surface area contributed by atoms with Crippen molar-refractivity contribution in [2.75, 3.05) is 0 Å². The van der Waals surface area contributed by atoms with E-state index in [9.17, 15) is 15.3 Å². The molecule has 0 bridgehead atoms. The van der Waals surface area contributed by atoms with Crippen molar-refractivity contribution < 1.29 is 14.3 Å². The van der Waals surface area contributed by atoms with E-state index in [1.807, 2.05) is 37.3 Å². The molecular weight excluding hydrogens is 354 g/mol. The van der Waals surface area contributed by atoms with E-state index in [0.29, 0.717) is 16.7 Å². The minimum Gasteiger partial charge on any atom is -0.445 e. The topological polar surface area (TPSA) is 109 Å². The first kappa shape index (κ1) is 16.2. The molecule has 28 heavy (non-hydrogen) atoms. The molecule has 0 fully saturated rings. The van der Waals surface area contributed by atoms with Gasteiger partial charge < -0.3 is 15.2 Å². The maximum atomic E-state index is 13.6. The Morgan fingerprint density at radius 1 is 0.964 bits per heavy atom. The third-order valence-electron chi connectivity index (χ3n) is 5.62. The third kappa shape index (κ3) is 1.51. The molecule has 5 rings (SSSR count). The van der Waals surface area contributed by atoms with Gasteiger partial charge in [-0.2, -0.15) is 10.5 Å².